The average Bonchev–Trinajstić information content (AvgIpc) is 2.65. The maximum atomic E-state index is 10.7. The van der Waals surface area contributed by atoms with Crippen molar-refractivity contribution in [2.24, 2.45) is 0 Å². The molecule has 0 atom stereocenters. The summed E-state index contributed by atoms with van der Waals surface area (Å²) in [6.45, 7) is 0. The van der Waals surface area contributed by atoms with Gasteiger partial charge in [0.25, 0.3) is 0 Å². The minimum Gasteiger partial charge on any atom is -0.481 e. The number of halogens is 1. The van der Waals surface area contributed by atoms with Crippen LogP contribution in [0.15, 0.2) is 42.6 Å². The van der Waals surface area contributed by atoms with Crippen LogP contribution in [-0.2, 0) is 11.2 Å². The van der Waals surface area contributed by atoms with Crippen molar-refractivity contribution in [2.45, 2.75) is 6.42 Å². The summed E-state index contributed by atoms with van der Waals surface area (Å²) < 4.78 is 1.82. The van der Waals surface area contributed by atoms with Crippen molar-refractivity contribution >= 4 is 17.6 Å². The molecule has 0 aliphatic carbocycles. The molecular formula is C12H10ClNO2. The summed E-state index contributed by atoms with van der Waals surface area (Å²) in [7, 11) is 0. The molecule has 2 rings (SSSR count). The number of hydrogen-bond donors (Lipinski definition) is 1. The van der Waals surface area contributed by atoms with Crippen LogP contribution in [0.1, 0.15) is 5.69 Å². The van der Waals surface area contributed by atoms with E-state index in [0.29, 0.717) is 5.02 Å². The minimum atomic E-state index is -0.845. The molecule has 0 radical (unpaired) electrons. The molecule has 0 aliphatic rings. The Hall–Kier alpha value is -1.74. The number of hydrogen-bond acceptors (Lipinski definition) is 1. The minimum absolute atomic E-state index is 0.000483. The lowest BCUT2D eigenvalue weighted by Gasteiger charge is -2.07. The maximum Gasteiger partial charge on any atom is 0.309 e. The number of rotatable bonds is 3. The van der Waals surface area contributed by atoms with Gasteiger partial charge in [-0.1, -0.05) is 17.7 Å². The highest BCUT2D eigenvalue weighted by atomic mass is 35.5. The number of aliphatic carboxylic acids is 1. The zero-order valence-electron chi connectivity index (χ0n) is 8.43. The third kappa shape index (κ3) is 2.25. The molecule has 0 saturated heterocycles. The molecule has 0 bridgehead atoms. The monoisotopic (exact) mass is 235 g/mol. The molecule has 0 spiro atoms. The molecule has 16 heavy (non-hydrogen) atoms. The van der Waals surface area contributed by atoms with Crippen molar-refractivity contribution < 1.29 is 9.90 Å². The van der Waals surface area contributed by atoms with E-state index in [-0.39, 0.29) is 6.42 Å². The number of carboxylic acids is 1. The molecule has 2 aromatic rings. The topological polar surface area (TPSA) is 42.2 Å². The third-order valence-electron chi connectivity index (χ3n) is 2.25. The standard InChI is InChI=1S/C12H10ClNO2/c13-9-3-1-4-10(7-9)14-6-2-5-11(14)8-12(15)16/h1-7H,8H2,(H,15,16). The molecular weight excluding hydrogens is 226 g/mol. The summed E-state index contributed by atoms with van der Waals surface area (Å²) >= 11 is 5.89. The van der Waals surface area contributed by atoms with Gasteiger partial charge in [0, 0.05) is 22.6 Å². The Bertz CT molecular complexity index is 519. The lowest BCUT2D eigenvalue weighted by atomic mass is 10.2. The molecule has 0 saturated carbocycles. The van der Waals surface area contributed by atoms with Gasteiger partial charge >= 0.3 is 5.97 Å². The predicted molar refractivity (Wildman–Crippen MR) is 62.1 cm³/mol. The molecule has 0 amide bonds. The number of nitrogens with zero attached hydrogens (tertiary/aromatic N) is 1. The van der Waals surface area contributed by atoms with Gasteiger partial charge in [-0.3, -0.25) is 4.79 Å². The molecule has 1 N–H and O–H groups in total. The van der Waals surface area contributed by atoms with E-state index >= 15 is 0 Å². The smallest absolute Gasteiger partial charge is 0.309 e. The highest BCUT2D eigenvalue weighted by Crippen LogP contribution is 2.17. The quantitative estimate of drug-likeness (QED) is 0.889. The van der Waals surface area contributed by atoms with Gasteiger partial charge in [-0.05, 0) is 30.3 Å². The fraction of sp³-hybridized carbons (Fsp3) is 0.0833. The van der Waals surface area contributed by atoms with E-state index in [1.54, 1.807) is 18.2 Å². The molecule has 0 unspecified atom stereocenters. The van der Waals surface area contributed by atoms with Crippen LogP contribution in [0.4, 0.5) is 0 Å². The van der Waals surface area contributed by atoms with Crippen molar-refractivity contribution in [1.29, 1.82) is 0 Å². The number of carboxylic acid groups (broad SMARTS) is 1. The van der Waals surface area contributed by atoms with Crippen LogP contribution in [0.5, 0.6) is 0 Å². The number of aromatic nitrogens is 1. The van der Waals surface area contributed by atoms with Crippen molar-refractivity contribution in [3.8, 4) is 5.69 Å². The Labute approximate surface area is 97.9 Å². The molecule has 3 nitrogen and oxygen atoms in total. The van der Waals surface area contributed by atoms with Gasteiger partial charge in [0.15, 0.2) is 0 Å². The first kappa shape index (κ1) is 10.8. The van der Waals surface area contributed by atoms with E-state index < -0.39 is 5.97 Å². The van der Waals surface area contributed by atoms with E-state index in [1.807, 2.05) is 29.0 Å². The van der Waals surface area contributed by atoms with Crippen molar-refractivity contribution in [3.63, 3.8) is 0 Å². The molecule has 0 fully saturated rings. The van der Waals surface area contributed by atoms with Crippen LogP contribution in [0.3, 0.4) is 0 Å². The first-order chi connectivity index (χ1) is 7.66. The molecule has 1 heterocycles. The van der Waals surface area contributed by atoms with Crippen LogP contribution in [0.2, 0.25) is 5.02 Å². The zero-order chi connectivity index (χ0) is 11.5. The van der Waals surface area contributed by atoms with Crippen LogP contribution in [-0.4, -0.2) is 15.6 Å². The normalized spacial score (nSPS) is 10.3. The van der Waals surface area contributed by atoms with E-state index in [9.17, 15) is 4.79 Å². The van der Waals surface area contributed by atoms with Crippen molar-refractivity contribution in [3.05, 3.63) is 53.3 Å². The van der Waals surface area contributed by atoms with E-state index in [4.69, 9.17) is 16.7 Å². The second-order valence-electron chi connectivity index (χ2n) is 3.42. The van der Waals surface area contributed by atoms with E-state index in [0.717, 1.165) is 11.4 Å². The Kier molecular flexibility index (Phi) is 2.97. The summed E-state index contributed by atoms with van der Waals surface area (Å²) in [6, 6.07) is 10.9. The van der Waals surface area contributed by atoms with Crippen LogP contribution < -0.4 is 0 Å². The molecule has 82 valence electrons. The van der Waals surface area contributed by atoms with E-state index in [1.165, 1.54) is 0 Å². The highest BCUT2D eigenvalue weighted by molar-refractivity contribution is 6.30. The summed E-state index contributed by atoms with van der Waals surface area (Å²) in [5.74, 6) is -0.845. The van der Waals surface area contributed by atoms with Crippen LogP contribution >= 0.6 is 11.6 Å². The lowest BCUT2D eigenvalue weighted by molar-refractivity contribution is -0.136. The first-order valence-corrected chi connectivity index (χ1v) is 5.18. The fourth-order valence-corrected chi connectivity index (χ4v) is 1.78. The van der Waals surface area contributed by atoms with E-state index in [2.05, 4.69) is 0 Å². The highest BCUT2D eigenvalue weighted by Gasteiger charge is 2.07. The van der Waals surface area contributed by atoms with Gasteiger partial charge in [-0.15, -0.1) is 0 Å². The first-order valence-electron chi connectivity index (χ1n) is 4.81. The Morgan fingerprint density at radius 2 is 2.12 bits per heavy atom. The van der Waals surface area contributed by atoms with Gasteiger partial charge in [0.1, 0.15) is 0 Å². The Morgan fingerprint density at radius 3 is 2.81 bits per heavy atom. The Balaban J connectivity index is 2.40. The maximum absolute atomic E-state index is 10.7. The van der Waals surface area contributed by atoms with Gasteiger partial charge in [-0.2, -0.15) is 0 Å². The number of benzene rings is 1. The largest absolute Gasteiger partial charge is 0.481 e. The summed E-state index contributed by atoms with van der Waals surface area (Å²) in [6.07, 6.45) is 1.82. The molecule has 1 aromatic carbocycles. The summed E-state index contributed by atoms with van der Waals surface area (Å²) in [5, 5.41) is 9.40. The van der Waals surface area contributed by atoms with Gasteiger partial charge in [0.2, 0.25) is 0 Å². The molecule has 4 heteroatoms. The lowest BCUT2D eigenvalue weighted by Crippen LogP contribution is -2.05. The average molecular weight is 236 g/mol. The fourth-order valence-electron chi connectivity index (χ4n) is 1.59. The zero-order valence-corrected chi connectivity index (χ0v) is 9.19. The second-order valence-corrected chi connectivity index (χ2v) is 3.86. The SMILES string of the molecule is O=C(O)Cc1cccn1-c1cccc(Cl)c1. The second kappa shape index (κ2) is 4.41. The number of carbonyl (C=O) groups is 1. The third-order valence-corrected chi connectivity index (χ3v) is 2.49. The van der Waals surface area contributed by atoms with Crippen molar-refractivity contribution in [1.82, 2.24) is 4.57 Å². The molecule has 0 aliphatic heterocycles. The van der Waals surface area contributed by atoms with Gasteiger partial charge < -0.3 is 9.67 Å². The van der Waals surface area contributed by atoms with Gasteiger partial charge in [0.05, 0.1) is 6.42 Å². The van der Waals surface area contributed by atoms with Crippen LogP contribution in [0.25, 0.3) is 5.69 Å². The van der Waals surface area contributed by atoms with Crippen molar-refractivity contribution in [2.75, 3.05) is 0 Å². The van der Waals surface area contributed by atoms with Gasteiger partial charge in [-0.25, -0.2) is 0 Å². The predicted octanol–water partition coefficient (Wildman–Crippen LogP) is 2.76. The molecule has 1 aromatic heterocycles. The van der Waals surface area contributed by atoms with Crippen LogP contribution in [0, 0.1) is 0 Å². The summed E-state index contributed by atoms with van der Waals surface area (Å²) in [4.78, 5) is 10.7. The summed E-state index contributed by atoms with van der Waals surface area (Å²) in [5.41, 5.74) is 1.60. The Morgan fingerprint density at radius 1 is 1.31 bits per heavy atom.